The molecule has 0 amide bonds. The minimum absolute atomic E-state index is 0.699. The molecule has 0 saturated carbocycles. The van der Waals surface area contributed by atoms with Crippen LogP contribution in [0.4, 0.5) is 0 Å². The molecule has 3 aromatic rings. The fraction of sp³-hybridized carbons (Fsp3) is 0.323. The Hall–Kier alpha value is -3.24. The highest BCUT2D eigenvalue weighted by Gasteiger charge is 2.20. The van der Waals surface area contributed by atoms with E-state index in [1.54, 1.807) is 0 Å². The minimum Gasteiger partial charge on any atom is -0.388 e. The van der Waals surface area contributed by atoms with Crippen LogP contribution in [-0.2, 0) is 0 Å². The van der Waals surface area contributed by atoms with Crippen LogP contribution in [0.3, 0.4) is 0 Å². The third-order valence-corrected chi connectivity index (χ3v) is 7.36. The molecule has 4 nitrogen and oxygen atoms in total. The second kappa shape index (κ2) is 11.2. The van der Waals surface area contributed by atoms with E-state index in [-0.39, 0.29) is 0 Å². The lowest BCUT2D eigenvalue weighted by molar-refractivity contribution is 0.208. The number of allylic oxidation sites excluding steroid dienone is 1. The average molecular weight is 501 g/mol. The van der Waals surface area contributed by atoms with Gasteiger partial charge in [0.05, 0.1) is 16.2 Å². The number of aromatic nitrogens is 1. The maximum Gasteiger partial charge on any atom is 0.0731 e. The van der Waals surface area contributed by atoms with Gasteiger partial charge in [-0.05, 0) is 42.0 Å². The Morgan fingerprint density at radius 2 is 1.58 bits per heavy atom. The van der Waals surface area contributed by atoms with E-state index in [0.717, 1.165) is 77.3 Å². The fourth-order valence-corrected chi connectivity index (χ4v) is 4.85. The number of hydrogen-bond acceptors (Lipinski definition) is 4. The summed E-state index contributed by atoms with van der Waals surface area (Å²) in [7, 11) is 1.87. The zero-order valence-electron chi connectivity index (χ0n) is 21.8. The second-order valence-electron chi connectivity index (χ2n) is 9.95. The van der Waals surface area contributed by atoms with Crippen molar-refractivity contribution in [3.8, 4) is 11.3 Å². The zero-order valence-corrected chi connectivity index (χ0v) is 22.5. The first-order valence-electron chi connectivity index (χ1n) is 12.7. The molecule has 2 heterocycles. The van der Waals surface area contributed by atoms with Gasteiger partial charge < -0.3 is 15.1 Å². The van der Waals surface area contributed by atoms with Crippen molar-refractivity contribution in [1.29, 1.82) is 0 Å². The molecule has 0 unspecified atom stereocenters. The summed E-state index contributed by atoms with van der Waals surface area (Å²) >= 11 is 6.68. The Balaban J connectivity index is 1.50. The number of fused-ring (bicyclic) bond motifs is 1. The van der Waals surface area contributed by atoms with Gasteiger partial charge in [0.2, 0.25) is 0 Å². The van der Waals surface area contributed by atoms with Crippen LogP contribution < -0.4 is 5.32 Å². The average Bonchev–Trinajstić information content (AvgIpc) is 2.90. The predicted molar refractivity (Wildman–Crippen MR) is 156 cm³/mol. The molecule has 1 N–H and O–H groups in total. The summed E-state index contributed by atoms with van der Waals surface area (Å²) in [6.45, 7) is 21.2. The molecule has 0 bridgehead atoms. The zero-order chi connectivity index (χ0) is 25.8. The Labute approximate surface area is 221 Å². The van der Waals surface area contributed by atoms with Gasteiger partial charge in [0.25, 0.3) is 0 Å². The Morgan fingerprint density at radius 1 is 0.944 bits per heavy atom. The van der Waals surface area contributed by atoms with Gasteiger partial charge >= 0.3 is 0 Å². The predicted octanol–water partition coefficient (Wildman–Crippen LogP) is 7.28. The van der Waals surface area contributed by atoms with E-state index >= 15 is 0 Å². The molecule has 0 atom stereocenters. The standard InChI is InChI=1S/C31H37ClN4/c1-21(2)7-8-22(3)35-15-17-36(18-16-35)24(5)27-13-14-28-29(32)20-30(34-31(28)19-27)26-11-9-25(10-12-26)23(4)33-6/h9-14,19-21,33H,3-5,7-8,15-18H2,1-2,6H3. The van der Waals surface area contributed by atoms with Gasteiger partial charge in [0.15, 0.2) is 0 Å². The van der Waals surface area contributed by atoms with Crippen LogP contribution in [0.1, 0.15) is 37.8 Å². The smallest absolute Gasteiger partial charge is 0.0731 e. The molecule has 1 aliphatic rings. The first-order valence-corrected chi connectivity index (χ1v) is 13.1. The summed E-state index contributed by atoms with van der Waals surface area (Å²) in [5, 5.41) is 4.73. The molecule has 2 aromatic carbocycles. The summed E-state index contributed by atoms with van der Waals surface area (Å²) < 4.78 is 0. The van der Waals surface area contributed by atoms with E-state index in [2.05, 4.69) is 79.0 Å². The fourth-order valence-electron chi connectivity index (χ4n) is 4.59. The van der Waals surface area contributed by atoms with Crippen molar-refractivity contribution >= 4 is 33.9 Å². The molecule has 36 heavy (non-hydrogen) atoms. The summed E-state index contributed by atoms with van der Waals surface area (Å²) in [6.07, 6.45) is 2.26. The summed E-state index contributed by atoms with van der Waals surface area (Å²) in [6, 6.07) is 16.4. The summed E-state index contributed by atoms with van der Waals surface area (Å²) in [5.41, 5.74) is 8.05. The van der Waals surface area contributed by atoms with E-state index < -0.39 is 0 Å². The molecule has 0 spiro atoms. The summed E-state index contributed by atoms with van der Waals surface area (Å²) in [5.74, 6) is 0.705. The number of pyridine rings is 1. The Bertz CT molecular complexity index is 1270. The number of benzene rings is 2. The normalized spacial score (nSPS) is 13.8. The minimum atomic E-state index is 0.699. The molecular formula is C31H37ClN4. The molecule has 0 aliphatic carbocycles. The van der Waals surface area contributed by atoms with E-state index in [1.807, 2.05) is 25.2 Å². The maximum atomic E-state index is 6.68. The quantitative estimate of drug-likeness (QED) is 0.334. The molecule has 1 saturated heterocycles. The van der Waals surface area contributed by atoms with Crippen LogP contribution in [0, 0.1) is 5.92 Å². The number of nitrogens with one attached hydrogen (secondary N) is 1. The molecule has 0 radical (unpaired) electrons. The highest BCUT2D eigenvalue weighted by Crippen LogP contribution is 2.31. The molecule has 1 fully saturated rings. The van der Waals surface area contributed by atoms with Crippen molar-refractivity contribution < 1.29 is 0 Å². The molecular weight excluding hydrogens is 464 g/mol. The molecule has 5 heteroatoms. The number of piperazine rings is 1. The largest absolute Gasteiger partial charge is 0.388 e. The van der Waals surface area contributed by atoms with Gasteiger partial charge in [-0.1, -0.05) is 81.6 Å². The number of hydrogen-bond donors (Lipinski definition) is 1. The first kappa shape index (κ1) is 25.8. The van der Waals surface area contributed by atoms with Crippen LogP contribution in [0.5, 0.6) is 0 Å². The maximum absolute atomic E-state index is 6.68. The topological polar surface area (TPSA) is 31.4 Å². The van der Waals surface area contributed by atoms with Gasteiger partial charge in [-0.25, -0.2) is 4.98 Å². The third-order valence-electron chi connectivity index (χ3n) is 7.04. The molecule has 4 rings (SSSR count). The lowest BCUT2D eigenvalue weighted by Crippen LogP contribution is -2.44. The van der Waals surface area contributed by atoms with Crippen LogP contribution in [-0.4, -0.2) is 48.0 Å². The highest BCUT2D eigenvalue weighted by atomic mass is 35.5. The van der Waals surface area contributed by atoms with E-state index in [9.17, 15) is 0 Å². The highest BCUT2D eigenvalue weighted by molar-refractivity contribution is 6.35. The molecule has 1 aromatic heterocycles. The third kappa shape index (κ3) is 5.76. The van der Waals surface area contributed by atoms with Gasteiger partial charge in [0, 0.05) is 61.3 Å². The van der Waals surface area contributed by atoms with Gasteiger partial charge in [-0.15, -0.1) is 0 Å². The van der Waals surface area contributed by atoms with Crippen molar-refractivity contribution in [1.82, 2.24) is 20.1 Å². The van der Waals surface area contributed by atoms with Crippen molar-refractivity contribution in [2.75, 3.05) is 33.2 Å². The SMILES string of the molecule is C=C(NC)c1ccc(-c2cc(Cl)c3ccc(C(=C)N4CCN(C(=C)CCC(C)C)CC4)cc3n2)cc1. The van der Waals surface area contributed by atoms with Gasteiger partial charge in [-0.3, -0.25) is 0 Å². The first-order chi connectivity index (χ1) is 17.3. The second-order valence-corrected chi connectivity index (χ2v) is 10.4. The number of halogens is 1. The van der Waals surface area contributed by atoms with Crippen molar-refractivity contribution in [2.24, 2.45) is 5.92 Å². The van der Waals surface area contributed by atoms with Crippen molar-refractivity contribution in [3.05, 3.63) is 90.1 Å². The Morgan fingerprint density at radius 3 is 2.22 bits per heavy atom. The van der Waals surface area contributed by atoms with E-state index in [1.165, 1.54) is 12.1 Å². The van der Waals surface area contributed by atoms with Crippen molar-refractivity contribution in [3.63, 3.8) is 0 Å². The van der Waals surface area contributed by atoms with Crippen molar-refractivity contribution in [2.45, 2.75) is 26.7 Å². The lowest BCUT2D eigenvalue weighted by atomic mass is 10.0. The van der Waals surface area contributed by atoms with Crippen LogP contribution in [0.2, 0.25) is 5.02 Å². The van der Waals surface area contributed by atoms with E-state index in [4.69, 9.17) is 16.6 Å². The molecule has 188 valence electrons. The number of nitrogens with zero attached hydrogens (tertiary/aromatic N) is 3. The van der Waals surface area contributed by atoms with E-state index in [0.29, 0.717) is 10.9 Å². The van der Waals surface area contributed by atoms with Crippen LogP contribution in [0.25, 0.3) is 33.6 Å². The van der Waals surface area contributed by atoms with Crippen LogP contribution >= 0.6 is 11.6 Å². The monoisotopic (exact) mass is 500 g/mol. The Kier molecular flexibility index (Phi) is 8.05. The van der Waals surface area contributed by atoms with Gasteiger partial charge in [-0.2, -0.15) is 0 Å². The lowest BCUT2D eigenvalue weighted by Gasteiger charge is -2.39. The van der Waals surface area contributed by atoms with Gasteiger partial charge in [0.1, 0.15) is 0 Å². The number of rotatable bonds is 9. The molecule has 1 aliphatic heterocycles. The summed E-state index contributed by atoms with van der Waals surface area (Å²) in [4.78, 5) is 9.75. The van der Waals surface area contributed by atoms with Crippen LogP contribution in [0.15, 0.2) is 74.0 Å².